The van der Waals surface area contributed by atoms with E-state index in [0.29, 0.717) is 29.2 Å². The number of hydrogen-bond acceptors (Lipinski definition) is 5. The van der Waals surface area contributed by atoms with E-state index in [1.807, 2.05) is 25.1 Å². The van der Waals surface area contributed by atoms with Gasteiger partial charge >= 0.3 is 0 Å². The summed E-state index contributed by atoms with van der Waals surface area (Å²) in [6, 6.07) is 8.24. The number of halogens is 1. The van der Waals surface area contributed by atoms with Crippen LogP contribution in [0, 0.1) is 5.82 Å². The summed E-state index contributed by atoms with van der Waals surface area (Å²) in [6.45, 7) is 7.24. The van der Waals surface area contributed by atoms with Crippen LogP contribution in [-0.2, 0) is 0 Å². The molecule has 7 heteroatoms. The van der Waals surface area contributed by atoms with Gasteiger partial charge in [0.2, 0.25) is 0 Å². The van der Waals surface area contributed by atoms with Crippen molar-refractivity contribution in [1.82, 2.24) is 15.2 Å². The number of allylic oxidation sites excluding steroid dienone is 3. The van der Waals surface area contributed by atoms with Gasteiger partial charge in [-0.15, -0.1) is 0 Å². The quantitative estimate of drug-likeness (QED) is 0.649. The van der Waals surface area contributed by atoms with Gasteiger partial charge in [0.15, 0.2) is 5.69 Å². The number of anilines is 2. The molecule has 1 atom stereocenters. The SMILES string of the molecule is C=C/C=C1\C(=C/C)NC(=O)c2nc(ccc2N)-c2c(F)cccc2NC2CCCN1C2. The van der Waals surface area contributed by atoms with Gasteiger partial charge in [-0.25, -0.2) is 9.37 Å². The first-order chi connectivity index (χ1) is 15.0. The Kier molecular flexibility index (Phi) is 5.75. The Morgan fingerprint density at radius 1 is 1.32 bits per heavy atom. The molecule has 160 valence electrons. The molecule has 4 N–H and O–H groups in total. The van der Waals surface area contributed by atoms with Gasteiger partial charge in [0, 0.05) is 24.8 Å². The lowest BCUT2D eigenvalue weighted by molar-refractivity contribution is 0.0960. The maximum Gasteiger partial charge on any atom is 0.276 e. The third-order valence-electron chi connectivity index (χ3n) is 5.62. The molecule has 1 amide bonds. The molecule has 1 fully saturated rings. The molecule has 4 rings (SSSR count). The van der Waals surface area contributed by atoms with E-state index < -0.39 is 11.7 Å². The minimum absolute atomic E-state index is 0.0567. The molecule has 0 radical (unpaired) electrons. The molecule has 1 unspecified atom stereocenters. The number of amides is 1. The van der Waals surface area contributed by atoms with Gasteiger partial charge in [-0.2, -0.15) is 0 Å². The Hall–Kier alpha value is -3.61. The Morgan fingerprint density at radius 2 is 2.16 bits per heavy atom. The third kappa shape index (κ3) is 4.03. The van der Waals surface area contributed by atoms with Crippen molar-refractivity contribution in [3.63, 3.8) is 0 Å². The molecule has 1 aromatic carbocycles. The number of nitrogen functional groups attached to an aromatic ring is 1. The molecule has 6 nitrogen and oxygen atoms in total. The molecule has 2 aromatic rings. The van der Waals surface area contributed by atoms with Gasteiger partial charge in [0.05, 0.1) is 28.3 Å². The minimum Gasteiger partial charge on any atom is -0.397 e. The highest BCUT2D eigenvalue weighted by Crippen LogP contribution is 2.33. The molecule has 4 bridgehead atoms. The van der Waals surface area contributed by atoms with Crippen LogP contribution in [0.4, 0.5) is 15.8 Å². The van der Waals surface area contributed by atoms with E-state index in [1.165, 1.54) is 6.07 Å². The number of carbonyl (C=O) groups is 1. The van der Waals surface area contributed by atoms with E-state index in [0.717, 1.165) is 25.1 Å². The molecule has 0 aliphatic carbocycles. The van der Waals surface area contributed by atoms with Crippen LogP contribution >= 0.6 is 0 Å². The number of fused-ring (bicyclic) bond motifs is 6. The maximum atomic E-state index is 14.9. The van der Waals surface area contributed by atoms with Crippen molar-refractivity contribution < 1.29 is 9.18 Å². The van der Waals surface area contributed by atoms with Crippen molar-refractivity contribution >= 4 is 17.3 Å². The second-order valence-electron chi connectivity index (χ2n) is 7.67. The summed E-state index contributed by atoms with van der Waals surface area (Å²) in [4.78, 5) is 19.8. The van der Waals surface area contributed by atoms with Gasteiger partial charge < -0.3 is 21.3 Å². The third-order valence-corrected chi connectivity index (χ3v) is 5.62. The molecular formula is C24H26FN5O. The van der Waals surface area contributed by atoms with Crippen molar-refractivity contribution in [3.8, 4) is 11.3 Å². The summed E-state index contributed by atoms with van der Waals surface area (Å²) in [7, 11) is 0. The molecule has 31 heavy (non-hydrogen) atoms. The number of hydrogen-bond donors (Lipinski definition) is 3. The Morgan fingerprint density at radius 3 is 2.94 bits per heavy atom. The highest BCUT2D eigenvalue weighted by Gasteiger charge is 2.27. The van der Waals surface area contributed by atoms with Crippen LogP contribution in [0.15, 0.2) is 66.5 Å². The van der Waals surface area contributed by atoms with Crippen molar-refractivity contribution in [3.05, 3.63) is 78.0 Å². The smallest absolute Gasteiger partial charge is 0.276 e. The van der Waals surface area contributed by atoms with Crippen LogP contribution in [0.1, 0.15) is 30.3 Å². The average Bonchev–Trinajstić information content (AvgIpc) is 2.77. The molecule has 1 aromatic heterocycles. The summed E-state index contributed by atoms with van der Waals surface area (Å²) in [5, 5.41) is 6.45. The normalized spacial score (nSPS) is 21.3. The standard InChI is InChI=1S/C24H26FN5O/c1-3-7-21-18(4-2)29-24(31)23-17(26)11-12-20(28-23)22-16(25)9-5-10-19(22)27-15-8-6-13-30(21)14-15/h3-5,7,9-12,15,27H,1,6,8,13-14,26H2,2H3,(H,29,31)/b18-4+,21-7+. The zero-order valence-corrected chi connectivity index (χ0v) is 17.5. The zero-order chi connectivity index (χ0) is 22.0. The fraction of sp³-hybridized carbons (Fsp3) is 0.250. The van der Waals surface area contributed by atoms with Gasteiger partial charge in [0.25, 0.3) is 5.91 Å². The second-order valence-corrected chi connectivity index (χ2v) is 7.67. The number of nitrogens with two attached hydrogens (primary N) is 1. The van der Waals surface area contributed by atoms with Gasteiger partial charge in [-0.1, -0.05) is 24.8 Å². The average molecular weight is 420 g/mol. The first-order valence-electron chi connectivity index (χ1n) is 10.4. The second kappa shape index (κ2) is 8.63. The number of nitrogens with one attached hydrogen (secondary N) is 2. The summed E-state index contributed by atoms with van der Waals surface area (Å²) in [5.41, 5.74) is 9.21. The Balaban J connectivity index is 1.91. The summed E-state index contributed by atoms with van der Waals surface area (Å²) < 4.78 is 14.9. The number of pyridine rings is 1. The molecule has 2 aliphatic rings. The number of aromatic nitrogens is 1. The lowest BCUT2D eigenvalue weighted by Gasteiger charge is -2.37. The first kappa shape index (κ1) is 20.7. The van der Waals surface area contributed by atoms with E-state index in [2.05, 4.69) is 27.1 Å². The Labute approximate surface area is 181 Å². The van der Waals surface area contributed by atoms with Crippen LogP contribution in [-0.4, -0.2) is 34.9 Å². The van der Waals surface area contributed by atoms with Gasteiger partial charge in [-0.3, -0.25) is 4.79 Å². The number of piperidine rings is 1. The first-order valence-corrected chi connectivity index (χ1v) is 10.4. The monoisotopic (exact) mass is 419 g/mol. The molecular weight excluding hydrogens is 393 g/mol. The lowest BCUT2D eigenvalue weighted by atomic mass is 10.0. The molecule has 2 aliphatic heterocycles. The van der Waals surface area contributed by atoms with E-state index in [-0.39, 0.29) is 17.4 Å². The predicted molar refractivity (Wildman–Crippen MR) is 122 cm³/mol. The van der Waals surface area contributed by atoms with E-state index in [9.17, 15) is 9.18 Å². The van der Waals surface area contributed by atoms with Crippen LogP contribution in [0.25, 0.3) is 11.3 Å². The van der Waals surface area contributed by atoms with Crippen molar-refractivity contribution in [2.45, 2.75) is 25.8 Å². The fourth-order valence-electron chi connectivity index (χ4n) is 4.17. The van der Waals surface area contributed by atoms with Gasteiger partial charge in [-0.05, 0) is 50.1 Å². The zero-order valence-electron chi connectivity index (χ0n) is 17.5. The highest BCUT2D eigenvalue weighted by atomic mass is 19.1. The van der Waals surface area contributed by atoms with E-state index in [1.54, 1.807) is 24.3 Å². The molecule has 3 heterocycles. The minimum atomic E-state index is -0.443. The molecule has 1 saturated heterocycles. The summed E-state index contributed by atoms with van der Waals surface area (Å²) in [6.07, 6.45) is 7.35. The number of nitrogens with zero attached hydrogens (tertiary/aromatic N) is 2. The topological polar surface area (TPSA) is 83.3 Å². The van der Waals surface area contributed by atoms with E-state index in [4.69, 9.17) is 5.73 Å². The maximum absolute atomic E-state index is 14.9. The number of benzene rings is 1. The van der Waals surface area contributed by atoms with E-state index >= 15 is 0 Å². The number of rotatable bonds is 1. The van der Waals surface area contributed by atoms with Crippen molar-refractivity contribution in [1.29, 1.82) is 0 Å². The largest absolute Gasteiger partial charge is 0.397 e. The van der Waals surface area contributed by atoms with Crippen LogP contribution in [0.5, 0.6) is 0 Å². The number of carbonyl (C=O) groups excluding carboxylic acids is 1. The Bertz CT molecular complexity index is 1090. The van der Waals surface area contributed by atoms with Crippen molar-refractivity contribution in [2.75, 3.05) is 24.1 Å². The predicted octanol–water partition coefficient (Wildman–Crippen LogP) is 4.06. The summed E-state index contributed by atoms with van der Waals surface area (Å²) >= 11 is 0. The molecule has 0 saturated carbocycles. The lowest BCUT2D eigenvalue weighted by Crippen LogP contribution is -2.43. The van der Waals surface area contributed by atoms with Crippen LogP contribution in [0.2, 0.25) is 0 Å². The van der Waals surface area contributed by atoms with Crippen LogP contribution < -0.4 is 16.4 Å². The highest BCUT2D eigenvalue weighted by molar-refractivity contribution is 5.99. The summed E-state index contributed by atoms with van der Waals surface area (Å²) in [5.74, 6) is -0.849. The van der Waals surface area contributed by atoms with Crippen molar-refractivity contribution in [2.24, 2.45) is 0 Å². The van der Waals surface area contributed by atoms with Crippen LogP contribution in [0.3, 0.4) is 0 Å². The fourth-order valence-corrected chi connectivity index (χ4v) is 4.17. The molecule has 0 spiro atoms. The van der Waals surface area contributed by atoms with Gasteiger partial charge in [0.1, 0.15) is 5.82 Å².